The van der Waals surface area contributed by atoms with Crippen LogP contribution in [-0.2, 0) is 9.53 Å². The topological polar surface area (TPSA) is 53.1 Å². The molecular weight excluding hydrogens is 446 g/mol. The highest BCUT2D eigenvalue weighted by Crippen LogP contribution is 2.45. The summed E-state index contributed by atoms with van der Waals surface area (Å²) in [6.45, 7) is 3.77. The Balaban J connectivity index is 1.47. The molecule has 2 atom stereocenters. The SMILES string of the molecule is COCCN1C(=O)c2ccccc2C(C(=O)N2CCN(c3ccccc3)CC2)C1c1cccs1. The van der Waals surface area contributed by atoms with Crippen LogP contribution >= 0.6 is 11.3 Å². The minimum atomic E-state index is -0.437. The van der Waals surface area contributed by atoms with Gasteiger partial charge in [0.2, 0.25) is 5.91 Å². The average Bonchev–Trinajstić information content (AvgIpc) is 3.43. The van der Waals surface area contributed by atoms with E-state index in [1.54, 1.807) is 18.4 Å². The number of para-hydroxylation sites is 1. The zero-order valence-corrected chi connectivity index (χ0v) is 20.1. The van der Waals surface area contributed by atoms with Crippen LogP contribution in [0.2, 0.25) is 0 Å². The fraction of sp³-hybridized carbons (Fsp3) is 0.333. The Morgan fingerprint density at radius 3 is 2.41 bits per heavy atom. The molecular formula is C27H29N3O3S. The summed E-state index contributed by atoms with van der Waals surface area (Å²) in [6.07, 6.45) is 0. The van der Waals surface area contributed by atoms with Crippen LogP contribution in [0.3, 0.4) is 0 Å². The molecule has 34 heavy (non-hydrogen) atoms. The van der Waals surface area contributed by atoms with E-state index in [1.807, 2.05) is 69.8 Å². The Kier molecular flexibility index (Phi) is 6.65. The van der Waals surface area contributed by atoms with Crippen molar-refractivity contribution in [1.29, 1.82) is 0 Å². The molecule has 6 nitrogen and oxygen atoms in total. The van der Waals surface area contributed by atoms with Crippen molar-refractivity contribution in [3.8, 4) is 0 Å². The molecule has 2 aromatic carbocycles. The smallest absolute Gasteiger partial charge is 0.254 e. The third kappa shape index (κ3) is 4.21. The van der Waals surface area contributed by atoms with Crippen molar-refractivity contribution in [1.82, 2.24) is 9.80 Å². The number of fused-ring (bicyclic) bond motifs is 1. The van der Waals surface area contributed by atoms with E-state index < -0.39 is 5.92 Å². The van der Waals surface area contributed by atoms with Crippen molar-refractivity contribution in [2.75, 3.05) is 51.3 Å². The van der Waals surface area contributed by atoms with E-state index in [-0.39, 0.29) is 17.9 Å². The predicted octanol–water partition coefficient (Wildman–Crippen LogP) is 4.02. The van der Waals surface area contributed by atoms with Crippen molar-refractivity contribution >= 4 is 28.8 Å². The summed E-state index contributed by atoms with van der Waals surface area (Å²) < 4.78 is 5.32. The van der Waals surface area contributed by atoms with Crippen LogP contribution in [0.5, 0.6) is 0 Å². The average molecular weight is 476 g/mol. The number of hydrogen-bond donors (Lipinski definition) is 0. The number of thiophene rings is 1. The molecule has 1 saturated heterocycles. The van der Waals surface area contributed by atoms with Gasteiger partial charge in [-0.3, -0.25) is 9.59 Å². The number of benzene rings is 2. The number of nitrogens with zero attached hydrogens (tertiary/aromatic N) is 3. The molecule has 1 aromatic heterocycles. The molecule has 3 heterocycles. The van der Waals surface area contributed by atoms with Crippen LogP contribution in [0.1, 0.15) is 32.8 Å². The van der Waals surface area contributed by atoms with Crippen molar-refractivity contribution < 1.29 is 14.3 Å². The first-order valence-corrected chi connectivity index (χ1v) is 12.6. The maximum atomic E-state index is 14.1. The van der Waals surface area contributed by atoms with Gasteiger partial charge in [0.15, 0.2) is 0 Å². The maximum absolute atomic E-state index is 14.1. The van der Waals surface area contributed by atoms with Crippen molar-refractivity contribution in [2.24, 2.45) is 0 Å². The number of anilines is 1. The van der Waals surface area contributed by atoms with Crippen LogP contribution in [0, 0.1) is 0 Å². The monoisotopic (exact) mass is 475 g/mol. The van der Waals surface area contributed by atoms with Gasteiger partial charge in [-0.2, -0.15) is 0 Å². The second-order valence-electron chi connectivity index (χ2n) is 8.66. The van der Waals surface area contributed by atoms with Gasteiger partial charge in [0.05, 0.1) is 18.6 Å². The maximum Gasteiger partial charge on any atom is 0.254 e. The van der Waals surface area contributed by atoms with E-state index in [0.717, 1.165) is 23.5 Å². The molecule has 2 aliphatic heterocycles. The van der Waals surface area contributed by atoms with Crippen molar-refractivity contribution in [3.05, 3.63) is 88.1 Å². The Labute approximate surface area is 204 Å². The van der Waals surface area contributed by atoms with Crippen LogP contribution in [0.15, 0.2) is 72.1 Å². The molecule has 1 fully saturated rings. The lowest BCUT2D eigenvalue weighted by Crippen LogP contribution is -2.53. The Morgan fingerprint density at radius 1 is 0.971 bits per heavy atom. The highest BCUT2D eigenvalue weighted by molar-refractivity contribution is 7.10. The Morgan fingerprint density at radius 2 is 1.71 bits per heavy atom. The molecule has 2 amide bonds. The van der Waals surface area contributed by atoms with E-state index in [9.17, 15) is 9.59 Å². The summed E-state index contributed by atoms with van der Waals surface area (Å²) in [5, 5.41) is 2.01. The molecule has 0 saturated carbocycles. The van der Waals surface area contributed by atoms with E-state index in [2.05, 4.69) is 17.0 Å². The number of amides is 2. The molecule has 176 valence electrons. The lowest BCUT2D eigenvalue weighted by atomic mass is 9.81. The third-order valence-electron chi connectivity index (χ3n) is 6.79. The van der Waals surface area contributed by atoms with E-state index in [1.165, 1.54) is 5.69 Å². The summed E-state index contributed by atoms with van der Waals surface area (Å²) in [5.74, 6) is -0.384. The first-order chi connectivity index (χ1) is 16.7. The largest absolute Gasteiger partial charge is 0.383 e. The number of methoxy groups -OCH3 is 1. The predicted molar refractivity (Wildman–Crippen MR) is 134 cm³/mol. The summed E-state index contributed by atoms with van der Waals surface area (Å²) in [5.41, 5.74) is 2.63. The van der Waals surface area contributed by atoms with Gasteiger partial charge >= 0.3 is 0 Å². The summed E-state index contributed by atoms with van der Waals surface area (Å²) in [4.78, 5) is 34.8. The van der Waals surface area contributed by atoms with Gasteiger partial charge < -0.3 is 19.4 Å². The lowest BCUT2D eigenvalue weighted by molar-refractivity contribution is -0.135. The highest BCUT2D eigenvalue weighted by Gasteiger charge is 2.46. The molecule has 0 aliphatic carbocycles. The zero-order chi connectivity index (χ0) is 23.5. The molecule has 0 radical (unpaired) electrons. The number of ether oxygens (including phenoxy) is 1. The van der Waals surface area contributed by atoms with Crippen molar-refractivity contribution in [3.63, 3.8) is 0 Å². The molecule has 7 heteroatoms. The summed E-state index contributed by atoms with van der Waals surface area (Å²) in [6, 6.07) is 21.6. The van der Waals surface area contributed by atoms with Gasteiger partial charge in [0.1, 0.15) is 0 Å². The molecule has 2 aliphatic rings. The number of carbonyl (C=O) groups excluding carboxylic acids is 2. The molecule has 3 aromatic rings. The van der Waals surface area contributed by atoms with E-state index >= 15 is 0 Å². The molecule has 2 unspecified atom stereocenters. The standard InChI is InChI=1S/C27H29N3O3S/c1-33-18-17-30-25(23-12-7-19-34-23)24(21-10-5-6-11-22(21)26(30)31)27(32)29-15-13-28(14-16-29)20-8-3-2-4-9-20/h2-12,19,24-25H,13-18H2,1H3. The number of hydrogen-bond acceptors (Lipinski definition) is 5. The van der Waals surface area contributed by atoms with E-state index in [4.69, 9.17) is 4.74 Å². The zero-order valence-electron chi connectivity index (χ0n) is 19.3. The molecule has 0 spiro atoms. The second-order valence-corrected chi connectivity index (χ2v) is 9.64. The fourth-order valence-electron chi connectivity index (χ4n) is 5.09. The van der Waals surface area contributed by atoms with Crippen LogP contribution in [-0.4, -0.2) is 68.1 Å². The molecule has 5 rings (SSSR count). The second kappa shape index (κ2) is 9.99. The van der Waals surface area contributed by atoms with Gasteiger partial charge in [0.25, 0.3) is 5.91 Å². The lowest BCUT2D eigenvalue weighted by Gasteiger charge is -2.44. The normalized spacial score (nSPS) is 20.4. The van der Waals surface area contributed by atoms with Gasteiger partial charge in [-0.15, -0.1) is 11.3 Å². The minimum Gasteiger partial charge on any atom is -0.383 e. The van der Waals surface area contributed by atoms with Gasteiger partial charge in [-0.25, -0.2) is 0 Å². The minimum absolute atomic E-state index is 0.0380. The third-order valence-corrected chi connectivity index (χ3v) is 7.73. The van der Waals surface area contributed by atoms with Crippen LogP contribution < -0.4 is 4.90 Å². The van der Waals surface area contributed by atoms with Crippen molar-refractivity contribution in [2.45, 2.75) is 12.0 Å². The van der Waals surface area contributed by atoms with Crippen LogP contribution in [0.25, 0.3) is 0 Å². The Bertz CT molecular complexity index is 1130. The quantitative estimate of drug-likeness (QED) is 0.540. The Hall–Kier alpha value is -3.16. The first-order valence-electron chi connectivity index (χ1n) is 11.7. The van der Waals surface area contributed by atoms with Gasteiger partial charge in [-0.05, 0) is 35.2 Å². The number of piperazine rings is 1. The summed E-state index contributed by atoms with van der Waals surface area (Å²) in [7, 11) is 1.64. The van der Waals surface area contributed by atoms with Gasteiger partial charge in [-0.1, -0.05) is 42.5 Å². The van der Waals surface area contributed by atoms with E-state index in [0.29, 0.717) is 31.8 Å². The van der Waals surface area contributed by atoms with Gasteiger partial charge in [0, 0.05) is 56.0 Å². The molecule has 0 bridgehead atoms. The summed E-state index contributed by atoms with van der Waals surface area (Å²) >= 11 is 1.60. The highest BCUT2D eigenvalue weighted by atomic mass is 32.1. The number of carbonyl (C=O) groups is 2. The fourth-order valence-corrected chi connectivity index (χ4v) is 5.96. The van der Waals surface area contributed by atoms with Crippen LogP contribution in [0.4, 0.5) is 5.69 Å². The number of rotatable bonds is 6. The first kappa shape index (κ1) is 22.6. The molecule has 0 N–H and O–H groups in total.